The number of hydrogen-bond donors (Lipinski definition) is 1. The standard InChI is InChI=1S/C15H15BrN2O/c16-12-2-1-3-14(8-12)19-15-7-4-11(10-18-15)9-17-13-5-6-13/h1-4,7-8,10,13,17H,5-6,9H2. The van der Waals surface area contributed by atoms with E-state index in [2.05, 4.69) is 32.3 Å². The molecule has 1 aromatic carbocycles. The van der Waals surface area contributed by atoms with Gasteiger partial charge in [0.25, 0.3) is 0 Å². The summed E-state index contributed by atoms with van der Waals surface area (Å²) in [6.07, 6.45) is 4.47. The van der Waals surface area contributed by atoms with Crippen LogP contribution in [0.5, 0.6) is 11.6 Å². The fourth-order valence-electron chi connectivity index (χ4n) is 1.78. The molecule has 3 rings (SSSR count). The maximum absolute atomic E-state index is 5.69. The van der Waals surface area contributed by atoms with Crippen LogP contribution in [0.1, 0.15) is 18.4 Å². The number of pyridine rings is 1. The van der Waals surface area contributed by atoms with Gasteiger partial charge in [-0.1, -0.05) is 28.1 Å². The summed E-state index contributed by atoms with van der Waals surface area (Å²) in [6.45, 7) is 0.884. The number of halogens is 1. The molecule has 1 fully saturated rings. The van der Waals surface area contributed by atoms with Crippen molar-refractivity contribution in [1.29, 1.82) is 0 Å². The number of rotatable bonds is 5. The van der Waals surface area contributed by atoms with Crippen molar-refractivity contribution in [3.8, 4) is 11.6 Å². The van der Waals surface area contributed by atoms with Gasteiger partial charge in [-0.25, -0.2) is 4.98 Å². The summed E-state index contributed by atoms with van der Waals surface area (Å²) in [4.78, 5) is 4.32. The van der Waals surface area contributed by atoms with Crippen molar-refractivity contribution in [1.82, 2.24) is 10.3 Å². The van der Waals surface area contributed by atoms with Crippen molar-refractivity contribution in [3.63, 3.8) is 0 Å². The Bertz CT molecular complexity index is 552. The Morgan fingerprint density at radius 2 is 2.16 bits per heavy atom. The van der Waals surface area contributed by atoms with E-state index in [1.165, 1.54) is 18.4 Å². The third-order valence-corrected chi connectivity index (χ3v) is 3.48. The van der Waals surface area contributed by atoms with Gasteiger partial charge in [-0.2, -0.15) is 0 Å². The second-order valence-corrected chi connectivity index (χ2v) is 5.63. The summed E-state index contributed by atoms with van der Waals surface area (Å²) in [6, 6.07) is 12.4. The molecule has 0 unspecified atom stereocenters. The lowest BCUT2D eigenvalue weighted by molar-refractivity contribution is 0.462. The van der Waals surface area contributed by atoms with Gasteiger partial charge in [0.2, 0.25) is 5.88 Å². The molecule has 0 saturated heterocycles. The highest BCUT2D eigenvalue weighted by molar-refractivity contribution is 9.10. The van der Waals surface area contributed by atoms with Gasteiger partial charge < -0.3 is 10.1 Å². The molecule has 0 radical (unpaired) electrons. The van der Waals surface area contributed by atoms with E-state index in [0.717, 1.165) is 22.8 Å². The molecule has 0 bridgehead atoms. The summed E-state index contributed by atoms with van der Waals surface area (Å²) in [5.74, 6) is 1.40. The van der Waals surface area contributed by atoms with Gasteiger partial charge in [0, 0.05) is 29.3 Å². The minimum atomic E-state index is 0.619. The van der Waals surface area contributed by atoms with E-state index < -0.39 is 0 Å². The fourth-order valence-corrected chi connectivity index (χ4v) is 2.15. The largest absolute Gasteiger partial charge is 0.439 e. The Labute approximate surface area is 121 Å². The molecule has 0 atom stereocenters. The topological polar surface area (TPSA) is 34.1 Å². The Hall–Kier alpha value is -1.39. The molecule has 98 valence electrons. The summed E-state index contributed by atoms with van der Waals surface area (Å²) < 4.78 is 6.69. The second kappa shape index (κ2) is 5.72. The van der Waals surface area contributed by atoms with Gasteiger partial charge in [-0.05, 0) is 36.6 Å². The van der Waals surface area contributed by atoms with Crippen LogP contribution in [0.4, 0.5) is 0 Å². The van der Waals surface area contributed by atoms with Crippen LogP contribution in [0.15, 0.2) is 47.1 Å². The van der Waals surface area contributed by atoms with Crippen molar-refractivity contribution < 1.29 is 4.74 Å². The minimum Gasteiger partial charge on any atom is -0.439 e. The Morgan fingerprint density at radius 1 is 1.26 bits per heavy atom. The highest BCUT2D eigenvalue weighted by Crippen LogP contribution is 2.23. The molecule has 4 heteroatoms. The van der Waals surface area contributed by atoms with Crippen LogP contribution < -0.4 is 10.1 Å². The van der Waals surface area contributed by atoms with Gasteiger partial charge in [-0.3, -0.25) is 0 Å². The lowest BCUT2D eigenvalue weighted by atomic mass is 10.3. The van der Waals surface area contributed by atoms with Crippen molar-refractivity contribution >= 4 is 15.9 Å². The zero-order chi connectivity index (χ0) is 13.1. The Balaban J connectivity index is 1.61. The van der Waals surface area contributed by atoms with Crippen LogP contribution in [0.25, 0.3) is 0 Å². The normalized spacial score (nSPS) is 14.4. The summed E-state index contributed by atoms with van der Waals surface area (Å²) in [5.41, 5.74) is 1.19. The van der Waals surface area contributed by atoms with Crippen molar-refractivity contribution in [3.05, 3.63) is 52.6 Å². The Morgan fingerprint density at radius 3 is 2.84 bits per heavy atom. The summed E-state index contributed by atoms with van der Waals surface area (Å²) >= 11 is 3.42. The van der Waals surface area contributed by atoms with E-state index in [1.807, 2.05) is 36.5 Å². The number of nitrogens with zero attached hydrogens (tertiary/aromatic N) is 1. The molecule has 2 aromatic rings. The molecule has 3 nitrogen and oxygen atoms in total. The second-order valence-electron chi connectivity index (χ2n) is 4.72. The first-order valence-corrected chi connectivity index (χ1v) is 7.21. The molecule has 1 aliphatic rings. The van der Waals surface area contributed by atoms with E-state index in [4.69, 9.17) is 4.74 Å². The average Bonchev–Trinajstić information content (AvgIpc) is 3.22. The number of aromatic nitrogens is 1. The van der Waals surface area contributed by atoms with Crippen LogP contribution in [0.2, 0.25) is 0 Å². The first kappa shape index (κ1) is 12.6. The molecule has 1 N–H and O–H groups in total. The molecule has 1 saturated carbocycles. The lowest BCUT2D eigenvalue weighted by Crippen LogP contribution is -2.15. The number of hydrogen-bond acceptors (Lipinski definition) is 3. The highest BCUT2D eigenvalue weighted by Gasteiger charge is 2.19. The van der Waals surface area contributed by atoms with E-state index >= 15 is 0 Å². The summed E-state index contributed by atoms with van der Waals surface area (Å²) in [7, 11) is 0. The summed E-state index contributed by atoms with van der Waals surface area (Å²) in [5, 5.41) is 3.46. The molecule has 0 aliphatic heterocycles. The minimum absolute atomic E-state index is 0.619. The molecule has 1 aromatic heterocycles. The van der Waals surface area contributed by atoms with Crippen LogP contribution in [-0.4, -0.2) is 11.0 Å². The quantitative estimate of drug-likeness (QED) is 0.908. The molecule has 19 heavy (non-hydrogen) atoms. The first-order valence-electron chi connectivity index (χ1n) is 6.41. The zero-order valence-electron chi connectivity index (χ0n) is 10.5. The van der Waals surface area contributed by atoms with E-state index in [1.54, 1.807) is 0 Å². The maximum atomic E-state index is 5.69. The van der Waals surface area contributed by atoms with Crippen molar-refractivity contribution in [2.45, 2.75) is 25.4 Å². The number of nitrogens with one attached hydrogen (secondary N) is 1. The van der Waals surface area contributed by atoms with Crippen LogP contribution in [-0.2, 0) is 6.54 Å². The first-order chi connectivity index (χ1) is 9.29. The maximum Gasteiger partial charge on any atom is 0.219 e. The van der Waals surface area contributed by atoms with E-state index in [-0.39, 0.29) is 0 Å². The molecule has 1 heterocycles. The predicted molar refractivity (Wildman–Crippen MR) is 78.3 cm³/mol. The monoisotopic (exact) mass is 318 g/mol. The highest BCUT2D eigenvalue weighted by atomic mass is 79.9. The third-order valence-electron chi connectivity index (χ3n) is 2.99. The number of ether oxygens (including phenoxy) is 1. The average molecular weight is 319 g/mol. The van der Waals surface area contributed by atoms with Crippen LogP contribution in [0, 0.1) is 0 Å². The zero-order valence-corrected chi connectivity index (χ0v) is 12.1. The molecule has 1 aliphatic carbocycles. The van der Waals surface area contributed by atoms with Crippen molar-refractivity contribution in [2.75, 3.05) is 0 Å². The van der Waals surface area contributed by atoms with Gasteiger partial charge >= 0.3 is 0 Å². The molecular formula is C15H15BrN2O. The van der Waals surface area contributed by atoms with E-state index in [9.17, 15) is 0 Å². The lowest BCUT2D eigenvalue weighted by Gasteiger charge is -2.06. The molecule has 0 spiro atoms. The molecular weight excluding hydrogens is 304 g/mol. The van der Waals surface area contributed by atoms with Gasteiger partial charge in [-0.15, -0.1) is 0 Å². The smallest absolute Gasteiger partial charge is 0.219 e. The molecule has 0 amide bonds. The SMILES string of the molecule is Brc1cccc(Oc2ccc(CNC3CC3)cn2)c1. The fraction of sp³-hybridized carbons (Fsp3) is 0.267. The Kier molecular flexibility index (Phi) is 3.80. The van der Waals surface area contributed by atoms with Gasteiger partial charge in [0.15, 0.2) is 0 Å². The predicted octanol–water partition coefficient (Wildman–Crippen LogP) is 3.89. The van der Waals surface area contributed by atoms with E-state index in [0.29, 0.717) is 5.88 Å². The van der Waals surface area contributed by atoms with Gasteiger partial charge in [0.05, 0.1) is 0 Å². The third kappa shape index (κ3) is 3.78. The van der Waals surface area contributed by atoms with Crippen molar-refractivity contribution in [2.24, 2.45) is 0 Å². The van der Waals surface area contributed by atoms with Crippen LogP contribution >= 0.6 is 15.9 Å². The number of benzene rings is 1. The van der Waals surface area contributed by atoms with Crippen LogP contribution in [0.3, 0.4) is 0 Å². The van der Waals surface area contributed by atoms with Gasteiger partial charge in [0.1, 0.15) is 5.75 Å².